The van der Waals surface area contributed by atoms with Crippen LogP contribution in [0.5, 0.6) is 0 Å². The summed E-state index contributed by atoms with van der Waals surface area (Å²) in [6, 6.07) is 2.34. The van der Waals surface area contributed by atoms with Crippen LogP contribution in [0.1, 0.15) is 20.3 Å². The maximum absolute atomic E-state index is 11.5. The Hall–Kier alpha value is -1.12. The van der Waals surface area contributed by atoms with Gasteiger partial charge in [0.1, 0.15) is 5.54 Å². The molecule has 0 saturated carbocycles. The molecule has 5 heteroatoms. The molecule has 0 N–H and O–H groups in total. The fraction of sp³-hybridized carbons (Fsp3) is 0.846. The molecule has 0 aromatic carbocycles. The third-order valence-corrected chi connectivity index (χ3v) is 3.58. The first-order chi connectivity index (χ1) is 8.36. The van der Waals surface area contributed by atoms with Gasteiger partial charge in [0.2, 0.25) is 5.91 Å². The number of piperazine rings is 1. The smallest absolute Gasteiger partial charge is 0.223 e. The first kappa shape index (κ1) is 14.9. The molecule has 1 aliphatic rings. The van der Waals surface area contributed by atoms with E-state index in [1.54, 1.807) is 19.0 Å². The lowest BCUT2D eigenvalue weighted by Gasteiger charge is -2.40. The van der Waals surface area contributed by atoms with Gasteiger partial charge in [-0.2, -0.15) is 5.26 Å². The number of hydrogen-bond donors (Lipinski definition) is 0. The van der Waals surface area contributed by atoms with Gasteiger partial charge in [-0.25, -0.2) is 0 Å². The standard InChI is InChI=1S/C13H24N4O/c1-13(2,11-14)17-9-7-16(8-10-17)6-5-12(18)15(3)4/h5-10H2,1-4H3. The van der Waals surface area contributed by atoms with Gasteiger partial charge < -0.3 is 9.80 Å². The van der Waals surface area contributed by atoms with E-state index in [1.807, 2.05) is 13.8 Å². The minimum atomic E-state index is -0.383. The van der Waals surface area contributed by atoms with E-state index < -0.39 is 0 Å². The highest BCUT2D eigenvalue weighted by Gasteiger charge is 2.29. The Morgan fingerprint density at radius 3 is 2.28 bits per heavy atom. The fourth-order valence-electron chi connectivity index (χ4n) is 2.08. The predicted molar refractivity (Wildman–Crippen MR) is 71.0 cm³/mol. The van der Waals surface area contributed by atoms with Crippen molar-refractivity contribution in [3.63, 3.8) is 0 Å². The number of hydrogen-bond acceptors (Lipinski definition) is 4. The van der Waals surface area contributed by atoms with Crippen LogP contribution in [0.25, 0.3) is 0 Å². The van der Waals surface area contributed by atoms with Crippen molar-refractivity contribution in [3.8, 4) is 6.07 Å². The molecule has 0 bridgehead atoms. The van der Waals surface area contributed by atoms with Crippen LogP contribution in [0, 0.1) is 11.3 Å². The summed E-state index contributed by atoms with van der Waals surface area (Å²) in [5.74, 6) is 0.176. The molecule has 1 heterocycles. The zero-order chi connectivity index (χ0) is 13.8. The van der Waals surface area contributed by atoms with Crippen LogP contribution in [-0.2, 0) is 4.79 Å². The minimum absolute atomic E-state index is 0.176. The Balaban J connectivity index is 2.32. The lowest BCUT2D eigenvalue weighted by molar-refractivity contribution is -0.129. The second kappa shape index (κ2) is 6.17. The minimum Gasteiger partial charge on any atom is -0.349 e. The van der Waals surface area contributed by atoms with E-state index >= 15 is 0 Å². The van der Waals surface area contributed by atoms with Crippen LogP contribution in [0.2, 0.25) is 0 Å². The average molecular weight is 252 g/mol. The lowest BCUT2D eigenvalue weighted by atomic mass is 10.0. The maximum atomic E-state index is 11.5. The van der Waals surface area contributed by atoms with Crippen molar-refractivity contribution < 1.29 is 4.79 Å². The number of carbonyl (C=O) groups is 1. The molecule has 0 atom stereocenters. The van der Waals surface area contributed by atoms with E-state index in [4.69, 9.17) is 5.26 Å². The molecular weight excluding hydrogens is 228 g/mol. The number of nitriles is 1. The van der Waals surface area contributed by atoms with Crippen molar-refractivity contribution in [2.75, 3.05) is 46.8 Å². The van der Waals surface area contributed by atoms with Crippen molar-refractivity contribution in [3.05, 3.63) is 0 Å². The Kier molecular flexibility index (Phi) is 5.12. The first-order valence-electron chi connectivity index (χ1n) is 6.45. The Labute approximate surface area is 110 Å². The van der Waals surface area contributed by atoms with E-state index in [9.17, 15) is 4.79 Å². The van der Waals surface area contributed by atoms with Crippen molar-refractivity contribution in [2.24, 2.45) is 0 Å². The quantitative estimate of drug-likeness (QED) is 0.726. The SMILES string of the molecule is CN(C)C(=O)CCN1CCN(C(C)(C)C#N)CC1. The first-order valence-corrected chi connectivity index (χ1v) is 6.45. The summed E-state index contributed by atoms with van der Waals surface area (Å²) in [4.78, 5) is 17.6. The summed E-state index contributed by atoms with van der Waals surface area (Å²) in [6.07, 6.45) is 0.578. The van der Waals surface area contributed by atoms with Gasteiger partial charge in [0.05, 0.1) is 6.07 Å². The zero-order valence-electron chi connectivity index (χ0n) is 11.9. The van der Waals surface area contributed by atoms with Crippen molar-refractivity contribution in [2.45, 2.75) is 25.8 Å². The Bertz CT molecular complexity index is 324. The molecule has 0 spiro atoms. The molecule has 0 radical (unpaired) electrons. The monoisotopic (exact) mass is 252 g/mol. The molecule has 0 unspecified atom stereocenters. The molecule has 1 aliphatic heterocycles. The summed E-state index contributed by atoms with van der Waals surface area (Å²) in [5, 5.41) is 9.09. The van der Waals surface area contributed by atoms with Crippen LogP contribution >= 0.6 is 0 Å². The topological polar surface area (TPSA) is 50.6 Å². The van der Waals surface area contributed by atoms with Crippen molar-refractivity contribution in [1.29, 1.82) is 5.26 Å². The van der Waals surface area contributed by atoms with Crippen LogP contribution in [-0.4, -0.2) is 73.0 Å². The van der Waals surface area contributed by atoms with Crippen LogP contribution in [0.3, 0.4) is 0 Å². The molecular formula is C13H24N4O. The second-order valence-corrected chi connectivity index (χ2v) is 5.54. The van der Waals surface area contributed by atoms with Crippen LogP contribution in [0.4, 0.5) is 0 Å². The van der Waals surface area contributed by atoms with Crippen LogP contribution < -0.4 is 0 Å². The number of amides is 1. The number of nitrogens with zero attached hydrogens (tertiary/aromatic N) is 4. The van der Waals surface area contributed by atoms with Gasteiger partial charge in [0, 0.05) is 53.2 Å². The molecule has 102 valence electrons. The molecule has 1 rings (SSSR count). The van der Waals surface area contributed by atoms with Gasteiger partial charge in [-0.1, -0.05) is 0 Å². The maximum Gasteiger partial charge on any atom is 0.223 e. The van der Waals surface area contributed by atoms with Crippen molar-refractivity contribution >= 4 is 5.91 Å². The molecule has 1 saturated heterocycles. The van der Waals surface area contributed by atoms with E-state index in [2.05, 4.69) is 15.9 Å². The van der Waals surface area contributed by atoms with Crippen LogP contribution in [0.15, 0.2) is 0 Å². The van der Waals surface area contributed by atoms with Gasteiger partial charge in [-0.3, -0.25) is 9.69 Å². The number of carbonyl (C=O) groups excluding carboxylic acids is 1. The summed E-state index contributed by atoms with van der Waals surface area (Å²) in [5.41, 5.74) is -0.383. The Morgan fingerprint density at radius 1 is 1.28 bits per heavy atom. The Morgan fingerprint density at radius 2 is 1.83 bits per heavy atom. The van der Waals surface area contributed by atoms with E-state index in [1.165, 1.54) is 0 Å². The molecule has 18 heavy (non-hydrogen) atoms. The van der Waals surface area contributed by atoms with E-state index in [-0.39, 0.29) is 11.4 Å². The summed E-state index contributed by atoms with van der Waals surface area (Å²) < 4.78 is 0. The highest BCUT2D eigenvalue weighted by molar-refractivity contribution is 5.75. The van der Waals surface area contributed by atoms with Gasteiger partial charge in [0.15, 0.2) is 0 Å². The summed E-state index contributed by atoms with van der Waals surface area (Å²) in [6.45, 7) is 8.40. The molecule has 0 aromatic heterocycles. The molecule has 0 aliphatic carbocycles. The predicted octanol–water partition coefficient (Wildman–Crippen LogP) is 0.384. The molecule has 1 amide bonds. The van der Waals surface area contributed by atoms with Crippen molar-refractivity contribution in [1.82, 2.24) is 14.7 Å². The third-order valence-electron chi connectivity index (χ3n) is 3.58. The fourth-order valence-corrected chi connectivity index (χ4v) is 2.08. The summed E-state index contributed by atoms with van der Waals surface area (Å²) >= 11 is 0. The highest BCUT2D eigenvalue weighted by atomic mass is 16.2. The molecule has 5 nitrogen and oxygen atoms in total. The number of rotatable bonds is 4. The molecule has 1 fully saturated rings. The van der Waals surface area contributed by atoms with E-state index in [0.29, 0.717) is 6.42 Å². The summed E-state index contributed by atoms with van der Waals surface area (Å²) in [7, 11) is 3.57. The zero-order valence-corrected chi connectivity index (χ0v) is 11.9. The largest absolute Gasteiger partial charge is 0.349 e. The normalized spacial score (nSPS) is 18.4. The van der Waals surface area contributed by atoms with Gasteiger partial charge in [-0.05, 0) is 13.8 Å². The second-order valence-electron chi connectivity index (χ2n) is 5.54. The lowest BCUT2D eigenvalue weighted by Crippen LogP contribution is -2.54. The van der Waals surface area contributed by atoms with E-state index in [0.717, 1.165) is 32.7 Å². The van der Waals surface area contributed by atoms with Gasteiger partial charge >= 0.3 is 0 Å². The highest BCUT2D eigenvalue weighted by Crippen LogP contribution is 2.15. The van der Waals surface area contributed by atoms with Gasteiger partial charge in [0.25, 0.3) is 0 Å². The molecule has 0 aromatic rings. The van der Waals surface area contributed by atoms with Gasteiger partial charge in [-0.15, -0.1) is 0 Å². The average Bonchev–Trinajstić information content (AvgIpc) is 2.36. The third kappa shape index (κ3) is 3.97.